The number of anilines is 3. The van der Waals surface area contributed by atoms with Crippen LogP contribution in [-0.2, 0) is 0 Å². The Bertz CT molecular complexity index is 1380. The van der Waals surface area contributed by atoms with Gasteiger partial charge in [0.15, 0.2) is 0 Å². The summed E-state index contributed by atoms with van der Waals surface area (Å²) in [7, 11) is 2.16. The van der Waals surface area contributed by atoms with Crippen LogP contribution in [-0.4, -0.2) is 53.1 Å². The van der Waals surface area contributed by atoms with Crippen molar-refractivity contribution in [3.8, 4) is 11.1 Å². The molecule has 0 aliphatic carbocycles. The van der Waals surface area contributed by atoms with E-state index in [1.54, 1.807) is 24.4 Å². The van der Waals surface area contributed by atoms with Crippen LogP contribution in [0.4, 0.5) is 17.3 Å². The van der Waals surface area contributed by atoms with Gasteiger partial charge in [0.25, 0.3) is 5.56 Å². The van der Waals surface area contributed by atoms with Gasteiger partial charge >= 0.3 is 0 Å². The number of H-pyrrole nitrogens is 1. The molecule has 0 atom stereocenters. The maximum atomic E-state index is 12.7. The largest absolute Gasteiger partial charge is 0.369 e. The van der Waals surface area contributed by atoms with Crippen LogP contribution in [0.1, 0.15) is 5.56 Å². The van der Waals surface area contributed by atoms with Gasteiger partial charge in [0.1, 0.15) is 5.65 Å². The Morgan fingerprint density at radius 3 is 2.64 bits per heavy atom. The van der Waals surface area contributed by atoms with Crippen LogP contribution >= 0.6 is 11.6 Å². The fourth-order valence-electron chi connectivity index (χ4n) is 4.19. The summed E-state index contributed by atoms with van der Waals surface area (Å²) in [6.07, 6.45) is 1.71. The number of fused-ring (bicyclic) bond motifs is 1. The minimum absolute atomic E-state index is 0.221. The van der Waals surface area contributed by atoms with Crippen LogP contribution in [0, 0.1) is 6.92 Å². The summed E-state index contributed by atoms with van der Waals surface area (Å²) in [5.41, 5.74) is 4.91. The van der Waals surface area contributed by atoms with Crippen molar-refractivity contribution in [2.24, 2.45) is 0 Å². The fraction of sp³-hybridized carbons (Fsp3) is 0.240. The average molecular weight is 461 g/mol. The summed E-state index contributed by atoms with van der Waals surface area (Å²) < 4.78 is 0. The van der Waals surface area contributed by atoms with Gasteiger partial charge in [0, 0.05) is 59.7 Å². The van der Waals surface area contributed by atoms with Crippen LogP contribution in [0.25, 0.3) is 22.2 Å². The summed E-state index contributed by atoms with van der Waals surface area (Å²) >= 11 is 6.08. The Kier molecular flexibility index (Phi) is 5.74. The van der Waals surface area contributed by atoms with Gasteiger partial charge in [-0.15, -0.1) is 0 Å². The fourth-order valence-corrected chi connectivity index (χ4v) is 4.38. The summed E-state index contributed by atoms with van der Waals surface area (Å²) in [5.74, 6) is 0.431. The van der Waals surface area contributed by atoms with Gasteiger partial charge < -0.3 is 20.1 Å². The number of hydrogen-bond acceptors (Lipinski definition) is 6. The summed E-state index contributed by atoms with van der Waals surface area (Å²) in [6, 6.07) is 15.3. The summed E-state index contributed by atoms with van der Waals surface area (Å²) in [4.78, 5) is 29.3. The third kappa shape index (κ3) is 4.55. The molecular formula is C25H25ClN6O. The Balaban J connectivity index is 1.39. The lowest BCUT2D eigenvalue weighted by atomic mass is 10.1. The highest BCUT2D eigenvalue weighted by Gasteiger charge is 2.16. The van der Waals surface area contributed by atoms with Crippen LogP contribution in [0.3, 0.4) is 0 Å². The molecular weight excluding hydrogens is 436 g/mol. The van der Waals surface area contributed by atoms with E-state index in [1.165, 1.54) is 11.3 Å². The SMILES string of the molecule is Cc1cc(Nc2ncc3cc(-c4cccc(Cl)c4)c(=O)[nH]c3n2)ccc1N1CCN(C)CC1. The van der Waals surface area contributed by atoms with Gasteiger partial charge in [-0.1, -0.05) is 23.7 Å². The van der Waals surface area contributed by atoms with Crippen molar-refractivity contribution in [3.63, 3.8) is 0 Å². The number of aromatic amines is 1. The summed E-state index contributed by atoms with van der Waals surface area (Å²) in [6.45, 7) is 6.32. The standard InChI is InChI=1S/C25H25ClN6O/c1-16-12-20(6-7-22(16)32-10-8-31(2)9-11-32)28-25-27-15-18-14-21(24(33)29-23(18)30-25)17-4-3-5-19(26)13-17/h3-7,12-15H,8-11H2,1-2H3,(H2,27,28,29,30,33). The van der Waals surface area contributed by atoms with Gasteiger partial charge in [-0.25, -0.2) is 4.98 Å². The van der Waals surface area contributed by atoms with E-state index in [2.05, 4.69) is 56.2 Å². The molecule has 168 valence electrons. The number of aromatic nitrogens is 3. The molecule has 0 radical (unpaired) electrons. The number of pyridine rings is 1. The van der Waals surface area contributed by atoms with Gasteiger partial charge in [-0.3, -0.25) is 4.79 Å². The first kappa shape index (κ1) is 21.4. The van der Waals surface area contributed by atoms with Crippen molar-refractivity contribution in [2.45, 2.75) is 6.92 Å². The minimum atomic E-state index is -0.221. The molecule has 1 fully saturated rings. The molecule has 0 bridgehead atoms. The number of nitrogens with one attached hydrogen (secondary N) is 2. The minimum Gasteiger partial charge on any atom is -0.369 e. The van der Waals surface area contributed by atoms with Crippen molar-refractivity contribution in [2.75, 3.05) is 43.4 Å². The molecule has 1 aliphatic heterocycles. The third-order valence-corrected chi connectivity index (χ3v) is 6.26. The van der Waals surface area contributed by atoms with E-state index in [0.717, 1.165) is 42.8 Å². The van der Waals surface area contributed by atoms with Crippen LogP contribution in [0.2, 0.25) is 5.02 Å². The Morgan fingerprint density at radius 1 is 1.06 bits per heavy atom. The van der Waals surface area contributed by atoms with Crippen molar-refractivity contribution in [1.29, 1.82) is 0 Å². The quantitative estimate of drug-likeness (QED) is 0.468. The molecule has 2 aromatic carbocycles. The Morgan fingerprint density at radius 2 is 1.88 bits per heavy atom. The van der Waals surface area contributed by atoms with E-state index in [0.29, 0.717) is 22.2 Å². The number of likely N-dealkylation sites (N-methyl/N-ethyl adjacent to an activating group) is 1. The zero-order valence-corrected chi connectivity index (χ0v) is 19.4. The molecule has 4 aromatic rings. The maximum Gasteiger partial charge on any atom is 0.257 e. The number of benzene rings is 2. The zero-order valence-electron chi connectivity index (χ0n) is 18.6. The number of nitrogens with zero attached hydrogens (tertiary/aromatic N) is 4. The molecule has 2 aromatic heterocycles. The van der Waals surface area contributed by atoms with Crippen molar-refractivity contribution < 1.29 is 0 Å². The first-order valence-corrected chi connectivity index (χ1v) is 11.3. The normalized spacial score (nSPS) is 14.6. The second kappa shape index (κ2) is 8.84. The topological polar surface area (TPSA) is 77.1 Å². The molecule has 0 spiro atoms. The van der Waals surface area contributed by atoms with Crippen LogP contribution in [0.5, 0.6) is 0 Å². The first-order chi connectivity index (χ1) is 16.0. The van der Waals surface area contributed by atoms with Gasteiger partial charge in [-0.2, -0.15) is 4.98 Å². The van der Waals surface area contributed by atoms with Crippen LogP contribution in [0.15, 0.2) is 59.5 Å². The van der Waals surface area contributed by atoms with E-state index in [4.69, 9.17) is 11.6 Å². The molecule has 33 heavy (non-hydrogen) atoms. The van der Waals surface area contributed by atoms with Crippen molar-refractivity contribution in [3.05, 3.63) is 75.7 Å². The number of halogens is 1. The van der Waals surface area contributed by atoms with E-state index in [9.17, 15) is 4.79 Å². The monoisotopic (exact) mass is 460 g/mol. The van der Waals surface area contributed by atoms with E-state index < -0.39 is 0 Å². The Hall–Kier alpha value is -3.42. The highest BCUT2D eigenvalue weighted by Crippen LogP contribution is 2.26. The predicted octanol–water partition coefficient (Wildman–Crippen LogP) is 4.44. The highest BCUT2D eigenvalue weighted by molar-refractivity contribution is 6.30. The second-order valence-corrected chi connectivity index (χ2v) is 8.87. The van der Waals surface area contributed by atoms with E-state index in [-0.39, 0.29) is 5.56 Å². The number of rotatable bonds is 4. The van der Waals surface area contributed by atoms with Crippen molar-refractivity contribution >= 4 is 40.0 Å². The summed E-state index contributed by atoms with van der Waals surface area (Å²) in [5, 5.41) is 4.59. The van der Waals surface area contributed by atoms with E-state index >= 15 is 0 Å². The van der Waals surface area contributed by atoms with E-state index in [1.807, 2.05) is 18.2 Å². The molecule has 0 saturated carbocycles. The van der Waals surface area contributed by atoms with Gasteiger partial charge in [0.2, 0.25) is 5.95 Å². The average Bonchev–Trinajstić information content (AvgIpc) is 2.79. The Labute approximate surface area is 197 Å². The lowest BCUT2D eigenvalue weighted by molar-refractivity contribution is 0.312. The number of hydrogen-bond donors (Lipinski definition) is 2. The molecule has 5 rings (SSSR count). The molecule has 1 saturated heterocycles. The third-order valence-electron chi connectivity index (χ3n) is 6.03. The maximum absolute atomic E-state index is 12.7. The van der Waals surface area contributed by atoms with Gasteiger partial charge in [0.05, 0.1) is 0 Å². The van der Waals surface area contributed by atoms with Gasteiger partial charge in [-0.05, 0) is 61.5 Å². The lowest BCUT2D eigenvalue weighted by Gasteiger charge is -2.35. The molecule has 0 amide bonds. The molecule has 0 unspecified atom stereocenters. The molecule has 8 heteroatoms. The smallest absolute Gasteiger partial charge is 0.257 e. The number of aryl methyl sites for hydroxylation is 1. The van der Waals surface area contributed by atoms with Crippen LogP contribution < -0.4 is 15.8 Å². The molecule has 2 N–H and O–H groups in total. The molecule has 3 heterocycles. The lowest BCUT2D eigenvalue weighted by Crippen LogP contribution is -2.44. The van der Waals surface area contributed by atoms with Crippen molar-refractivity contribution in [1.82, 2.24) is 19.9 Å². The molecule has 7 nitrogen and oxygen atoms in total. The molecule has 1 aliphatic rings. The number of piperazine rings is 1. The predicted molar refractivity (Wildman–Crippen MR) is 135 cm³/mol. The second-order valence-electron chi connectivity index (χ2n) is 8.44. The zero-order chi connectivity index (χ0) is 22.9. The first-order valence-electron chi connectivity index (χ1n) is 10.9. The highest BCUT2D eigenvalue weighted by atomic mass is 35.5.